The van der Waals surface area contributed by atoms with Gasteiger partial charge in [0, 0.05) is 6.54 Å². The second-order valence-electron chi connectivity index (χ2n) is 15.3. The van der Waals surface area contributed by atoms with Crippen LogP contribution in [-0.4, -0.2) is 61.5 Å². The molecule has 10 heteroatoms. The van der Waals surface area contributed by atoms with Crippen LogP contribution in [-0.2, 0) is 18.7 Å². The Hall–Kier alpha value is -3.47. The Kier molecular flexibility index (Phi) is 11.2. The van der Waals surface area contributed by atoms with Gasteiger partial charge >= 0.3 is 7.12 Å². The lowest BCUT2D eigenvalue weighted by Crippen LogP contribution is -2.66. The van der Waals surface area contributed by atoms with Gasteiger partial charge in [0.25, 0.3) is 8.32 Å². The number of imide groups is 1. The van der Waals surface area contributed by atoms with E-state index in [0.29, 0.717) is 43.9 Å². The van der Waals surface area contributed by atoms with Crippen LogP contribution in [0.1, 0.15) is 65.9 Å². The maximum atomic E-state index is 14.0. The number of hydrogen-bond acceptors (Lipinski definition) is 6. The zero-order chi connectivity index (χ0) is 36.5. The molecule has 1 aliphatic carbocycles. The number of rotatable bonds is 11. The van der Waals surface area contributed by atoms with Gasteiger partial charge in [-0.25, -0.2) is 0 Å². The topological polar surface area (TPSA) is 96.3 Å². The molecule has 2 aliphatic heterocycles. The Balaban J connectivity index is 1.41. The van der Waals surface area contributed by atoms with Crippen molar-refractivity contribution in [2.45, 2.75) is 77.8 Å². The number of hydrogen-bond donors (Lipinski definition) is 2. The molecule has 0 aromatic heterocycles. The number of likely N-dealkylation sites (tertiary alicyclic amines) is 1. The molecule has 6 rings (SSSR count). The van der Waals surface area contributed by atoms with Crippen LogP contribution < -0.4 is 10.4 Å². The first-order valence-corrected chi connectivity index (χ1v) is 20.5. The van der Waals surface area contributed by atoms with Gasteiger partial charge in [-0.15, -0.1) is 0 Å². The number of allylic oxidation sites excluding steroid dienone is 1. The maximum Gasteiger partial charge on any atom is 0.455 e. The zero-order valence-corrected chi connectivity index (χ0v) is 32.0. The zero-order valence-electron chi connectivity index (χ0n) is 30.3. The van der Waals surface area contributed by atoms with E-state index in [-0.39, 0.29) is 34.8 Å². The van der Waals surface area contributed by atoms with Crippen molar-refractivity contribution >= 4 is 55.3 Å². The number of nitrogens with zero attached hydrogens (tertiary/aromatic N) is 1. The third kappa shape index (κ3) is 7.29. The highest BCUT2D eigenvalue weighted by atomic mass is 35.5. The van der Waals surface area contributed by atoms with Gasteiger partial charge in [0.05, 0.1) is 29.6 Å². The molecule has 3 aromatic rings. The molecule has 2 N–H and O–H groups in total. The molecule has 0 unspecified atom stereocenters. The van der Waals surface area contributed by atoms with E-state index in [1.54, 1.807) is 12.1 Å². The number of halogens is 1. The summed E-state index contributed by atoms with van der Waals surface area (Å²) in [6.45, 7) is 11.4. The van der Waals surface area contributed by atoms with Crippen molar-refractivity contribution in [3.8, 4) is 5.75 Å². The normalized spacial score (nSPS) is 22.8. The monoisotopic (exact) mass is 725 g/mol. The van der Waals surface area contributed by atoms with E-state index in [1.807, 2.05) is 32.1 Å². The first-order chi connectivity index (χ1) is 24.4. The summed E-state index contributed by atoms with van der Waals surface area (Å²) in [5.41, 5.74) is 3.88. The van der Waals surface area contributed by atoms with Gasteiger partial charge in [-0.2, -0.15) is 0 Å². The molecule has 0 saturated carbocycles. The molecule has 2 heterocycles. The van der Waals surface area contributed by atoms with E-state index in [4.69, 9.17) is 20.7 Å². The number of benzene rings is 3. The highest BCUT2D eigenvalue weighted by molar-refractivity contribution is 6.99. The Labute approximate surface area is 308 Å². The number of phenolic OH excluding ortho intramolecular Hbond substituents is 1. The lowest BCUT2D eigenvalue weighted by molar-refractivity contribution is -0.140. The second-order valence-corrected chi connectivity index (χ2v) is 20.0. The summed E-state index contributed by atoms with van der Waals surface area (Å²) in [4.78, 5) is 29.3. The minimum Gasteiger partial charge on any atom is -0.508 e. The first kappa shape index (κ1) is 37.3. The smallest absolute Gasteiger partial charge is 0.455 e. The number of amides is 2. The predicted octanol–water partition coefficient (Wildman–Crippen LogP) is 7.01. The van der Waals surface area contributed by atoms with Gasteiger partial charge < -0.3 is 19.2 Å². The molecule has 2 fully saturated rings. The molecule has 3 aromatic carbocycles. The molecule has 0 radical (unpaired) electrons. The summed E-state index contributed by atoms with van der Waals surface area (Å²) in [7, 11) is -3.99. The van der Waals surface area contributed by atoms with Crippen LogP contribution in [0.3, 0.4) is 0 Å². The fourth-order valence-corrected chi connectivity index (χ4v) is 13.5. The number of phenols is 1. The summed E-state index contributed by atoms with van der Waals surface area (Å²) in [6.07, 6.45) is 4.13. The molecule has 2 saturated heterocycles. The fraction of sp³-hybridized carbons (Fsp3) is 0.415. The van der Waals surface area contributed by atoms with Crippen molar-refractivity contribution in [3.05, 3.63) is 106 Å². The summed E-state index contributed by atoms with van der Waals surface area (Å²) in [5, 5.41) is 23.5. The molecule has 2 amide bonds. The van der Waals surface area contributed by atoms with E-state index in [2.05, 4.69) is 69.3 Å². The van der Waals surface area contributed by atoms with Crippen molar-refractivity contribution in [2.75, 3.05) is 13.2 Å². The third-order valence-electron chi connectivity index (χ3n) is 10.9. The molecule has 0 spiro atoms. The average molecular weight is 726 g/mol. The van der Waals surface area contributed by atoms with E-state index in [9.17, 15) is 19.7 Å². The summed E-state index contributed by atoms with van der Waals surface area (Å²) in [5.74, 6) is -1.48. The standard InChI is InChI=1S/C41H49BClNO6Si/c1-6-21-44-39(46)33-23-29(26-49-51(41(3,4)5,31-13-9-7-10-14-31)32-15-11-8-12-16-32)37-34(38(33)40(44)47)25-42(48)50-36(37)20-17-27(2)22-28-18-19-30(45)24-35(28)43/h7-16,18-19,22,24,33-34,36,38,45,48H,6,17,20-21,23,25-26H2,1-5H3/b27-22+/t33-,34+,36-,38-/m1/s1. The van der Waals surface area contributed by atoms with Gasteiger partial charge in [0.15, 0.2) is 0 Å². The fourth-order valence-electron chi connectivity index (χ4n) is 8.69. The molecule has 51 heavy (non-hydrogen) atoms. The van der Waals surface area contributed by atoms with Crippen LogP contribution in [0.5, 0.6) is 5.75 Å². The summed E-state index contributed by atoms with van der Waals surface area (Å²) in [6, 6.07) is 25.9. The number of aromatic hydroxyl groups is 1. The molecule has 4 atom stereocenters. The highest BCUT2D eigenvalue weighted by Gasteiger charge is 2.58. The highest BCUT2D eigenvalue weighted by Crippen LogP contribution is 2.51. The van der Waals surface area contributed by atoms with Crippen molar-refractivity contribution in [2.24, 2.45) is 17.8 Å². The van der Waals surface area contributed by atoms with Crippen molar-refractivity contribution in [3.63, 3.8) is 0 Å². The molecule has 3 aliphatic rings. The average Bonchev–Trinajstić information content (AvgIpc) is 3.33. The van der Waals surface area contributed by atoms with Crippen molar-refractivity contribution in [1.82, 2.24) is 4.90 Å². The Morgan fingerprint density at radius 3 is 2.25 bits per heavy atom. The molecular formula is C41H49BClNO6Si. The Morgan fingerprint density at radius 1 is 1.02 bits per heavy atom. The minimum absolute atomic E-state index is 0.109. The van der Waals surface area contributed by atoms with Crippen LogP contribution in [0.15, 0.2) is 95.6 Å². The molecule has 7 nitrogen and oxygen atoms in total. The van der Waals surface area contributed by atoms with Gasteiger partial charge in [-0.05, 0) is 95.2 Å². The van der Waals surface area contributed by atoms with Crippen LogP contribution in [0.2, 0.25) is 16.4 Å². The lowest BCUT2D eigenvalue weighted by atomic mass is 9.58. The van der Waals surface area contributed by atoms with Gasteiger partial charge in [0.1, 0.15) is 5.75 Å². The van der Waals surface area contributed by atoms with Crippen molar-refractivity contribution in [1.29, 1.82) is 0 Å². The van der Waals surface area contributed by atoms with E-state index < -0.39 is 33.4 Å². The van der Waals surface area contributed by atoms with Crippen LogP contribution in [0.4, 0.5) is 0 Å². The van der Waals surface area contributed by atoms with Gasteiger partial charge in [-0.3, -0.25) is 14.5 Å². The van der Waals surface area contributed by atoms with Crippen LogP contribution in [0.25, 0.3) is 6.08 Å². The van der Waals surface area contributed by atoms with Crippen LogP contribution in [0, 0.1) is 17.8 Å². The Bertz CT molecular complexity index is 1770. The second kappa shape index (κ2) is 15.3. The number of fused-ring (bicyclic) bond motifs is 3. The summed E-state index contributed by atoms with van der Waals surface area (Å²) >= 11 is 6.41. The Morgan fingerprint density at radius 2 is 1.67 bits per heavy atom. The minimum atomic E-state index is -2.93. The van der Waals surface area contributed by atoms with E-state index >= 15 is 0 Å². The molecule has 0 bridgehead atoms. The SMILES string of the molecule is CCCN1C(=O)[C@@H]2[C@@H](CC(CO[Si](c3ccccc3)(c3ccccc3)C(C)(C)C)=C3[C@@H](CC/C(C)=C/c4ccc(O)cc4Cl)OB(O)C[C@@H]32)C1=O. The molecular weight excluding hydrogens is 677 g/mol. The van der Waals surface area contributed by atoms with Gasteiger partial charge in [-0.1, -0.05) is 112 Å². The van der Waals surface area contributed by atoms with Crippen molar-refractivity contribution < 1.29 is 28.8 Å². The quantitative estimate of drug-likeness (QED) is 0.126. The predicted molar refractivity (Wildman–Crippen MR) is 206 cm³/mol. The largest absolute Gasteiger partial charge is 0.508 e. The third-order valence-corrected chi connectivity index (χ3v) is 16.2. The van der Waals surface area contributed by atoms with Gasteiger partial charge in [0.2, 0.25) is 11.8 Å². The first-order valence-electron chi connectivity index (χ1n) is 18.2. The number of carbonyl (C=O) groups excluding carboxylic acids is 2. The maximum absolute atomic E-state index is 14.0. The molecule has 268 valence electrons. The van der Waals surface area contributed by atoms with E-state index in [0.717, 1.165) is 22.3 Å². The van der Waals surface area contributed by atoms with Crippen LogP contribution >= 0.6 is 11.6 Å². The summed E-state index contributed by atoms with van der Waals surface area (Å²) < 4.78 is 13.8. The van der Waals surface area contributed by atoms with E-state index in [1.165, 1.54) is 21.3 Å². The lowest BCUT2D eigenvalue weighted by Gasteiger charge is -2.46. The number of carbonyl (C=O) groups is 2.